The number of nitrogens with zero attached hydrogens (tertiary/aromatic N) is 2. The van der Waals surface area contributed by atoms with Crippen molar-refractivity contribution in [1.29, 1.82) is 0 Å². The lowest BCUT2D eigenvalue weighted by Crippen LogP contribution is -2.39. The van der Waals surface area contributed by atoms with Gasteiger partial charge in [-0.25, -0.2) is 9.29 Å². The molecule has 3 aromatic carbocycles. The summed E-state index contributed by atoms with van der Waals surface area (Å²) < 4.78 is 110. The molecule has 1 N–H and O–H groups in total. The van der Waals surface area contributed by atoms with E-state index in [0.29, 0.717) is 14.9 Å². The SMILES string of the molecule is C=C(C(=O)NCc1cc(-c2ccc(C(F)(F)F)cc2)nc(-c2ccc(C(F)(F)F)cc2)c1)N(CC)S(=O)(=O)Oc1ccc(Cl)cc1. The van der Waals surface area contributed by atoms with E-state index in [4.69, 9.17) is 15.8 Å². The zero-order chi connectivity index (χ0) is 33.9. The van der Waals surface area contributed by atoms with Gasteiger partial charge in [0, 0.05) is 29.2 Å². The van der Waals surface area contributed by atoms with Crippen molar-refractivity contribution >= 4 is 27.8 Å². The number of halogens is 7. The Morgan fingerprint density at radius 2 is 1.30 bits per heavy atom. The molecule has 0 saturated carbocycles. The van der Waals surface area contributed by atoms with Crippen LogP contribution in [0.3, 0.4) is 0 Å². The van der Waals surface area contributed by atoms with Gasteiger partial charge in [-0.05, 0) is 73.2 Å². The number of hydrogen-bond donors (Lipinski definition) is 1. The second kappa shape index (κ2) is 13.4. The maximum Gasteiger partial charge on any atom is 0.416 e. The van der Waals surface area contributed by atoms with E-state index >= 15 is 0 Å². The van der Waals surface area contributed by atoms with E-state index in [-0.39, 0.29) is 41.4 Å². The van der Waals surface area contributed by atoms with Crippen molar-refractivity contribution in [2.45, 2.75) is 25.8 Å². The summed E-state index contributed by atoms with van der Waals surface area (Å²) in [6.45, 7) is 4.59. The largest absolute Gasteiger partial charge is 0.416 e. The van der Waals surface area contributed by atoms with Crippen molar-refractivity contribution < 1.29 is 43.7 Å². The van der Waals surface area contributed by atoms with Crippen molar-refractivity contribution in [1.82, 2.24) is 14.6 Å². The van der Waals surface area contributed by atoms with Gasteiger partial charge in [0.25, 0.3) is 5.91 Å². The third kappa shape index (κ3) is 8.37. The number of pyridine rings is 1. The minimum absolute atomic E-state index is 0.0561. The topological polar surface area (TPSA) is 88.6 Å². The summed E-state index contributed by atoms with van der Waals surface area (Å²) in [4.78, 5) is 17.4. The first kappa shape index (κ1) is 34.3. The number of nitrogens with one attached hydrogen (secondary N) is 1. The van der Waals surface area contributed by atoms with E-state index in [0.717, 1.165) is 24.3 Å². The minimum atomic E-state index is -4.58. The van der Waals surface area contributed by atoms with Gasteiger partial charge >= 0.3 is 22.7 Å². The molecule has 0 aliphatic heterocycles. The molecule has 4 aromatic rings. The number of benzene rings is 3. The van der Waals surface area contributed by atoms with Crippen LogP contribution in [0.1, 0.15) is 23.6 Å². The van der Waals surface area contributed by atoms with Crippen LogP contribution in [-0.2, 0) is 34.0 Å². The van der Waals surface area contributed by atoms with Crippen molar-refractivity contribution in [2.24, 2.45) is 0 Å². The average molecular weight is 684 g/mol. The van der Waals surface area contributed by atoms with Gasteiger partial charge in [-0.15, -0.1) is 0 Å². The van der Waals surface area contributed by atoms with Crippen LogP contribution in [0.2, 0.25) is 5.02 Å². The Bertz CT molecular complexity index is 1750. The predicted octanol–water partition coefficient (Wildman–Crippen LogP) is 7.88. The van der Waals surface area contributed by atoms with Gasteiger partial charge in [-0.2, -0.15) is 34.8 Å². The van der Waals surface area contributed by atoms with Crippen LogP contribution in [0.4, 0.5) is 26.3 Å². The Morgan fingerprint density at radius 3 is 1.72 bits per heavy atom. The standard InChI is InChI=1S/C31H24ClF6N3O4S/c1-3-41(46(43,44)45-26-14-12-25(32)13-15-26)19(2)29(42)39-18-20-16-27(21-4-8-23(9-5-21)30(33,34)35)40-28(17-20)22-6-10-24(11-7-22)31(36,37)38/h4-17H,2-3,18H2,1H3,(H,39,42). The molecule has 0 saturated heterocycles. The molecule has 0 atom stereocenters. The highest BCUT2D eigenvalue weighted by atomic mass is 35.5. The van der Waals surface area contributed by atoms with Gasteiger partial charge in [0.2, 0.25) is 0 Å². The van der Waals surface area contributed by atoms with E-state index in [1.165, 1.54) is 67.6 Å². The minimum Gasteiger partial charge on any atom is -0.367 e. The molecule has 46 heavy (non-hydrogen) atoms. The number of hydrogen-bond acceptors (Lipinski definition) is 5. The summed E-state index contributed by atoms with van der Waals surface area (Å²) in [5, 5.41) is 2.88. The third-order valence-electron chi connectivity index (χ3n) is 6.49. The van der Waals surface area contributed by atoms with Crippen molar-refractivity contribution in [3.05, 3.63) is 119 Å². The fraction of sp³-hybridized carbons (Fsp3) is 0.161. The first-order valence-corrected chi connectivity index (χ1v) is 15.0. The number of amides is 1. The molecule has 0 aliphatic carbocycles. The van der Waals surface area contributed by atoms with Gasteiger partial charge in [-0.3, -0.25) is 4.79 Å². The number of likely N-dealkylation sites (N-methyl/N-ethyl adjacent to an activating group) is 1. The fourth-order valence-corrected chi connectivity index (χ4v) is 5.42. The zero-order valence-electron chi connectivity index (χ0n) is 23.8. The first-order chi connectivity index (χ1) is 21.5. The Kier molecular flexibility index (Phi) is 10.0. The Balaban J connectivity index is 1.60. The molecule has 0 aliphatic rings. The second-order valence-corrected chi connectivity index (χ2v) is 11.6. The fourth-order valence-electron chi connectivity index (χ4n) is 4.18. The third-order valence-corrected chi connectivity index (χ3v) is 8.16. The van der Waals surface area contributed by atoms with Gasteiger partial charge in [0.05, 0.1) is 22.5 Å². The maximum atomic E-state index is 13.1. The molecule has 0 fully saturated rings. The normalized spacial score (nSPS) is 12.0. The highest BCUT2D eigenvalue weighted by Crippen LogP contribution is 2.33. The van der Waals surface area contributed by atoms with E-state index < -0.39 is 45.4 Å². The lowest BCUT2D eigenvalue weighted by atomic mass is 10.0. The summed E-state index contributed by atoms with van der Waals surface area (Å²) in [7, 11) is -4.52. The van der Waals surface area contributed by atoms with Gasteiger partial charge in [0.15, 0.2) is 0 Å². The Hall–Kier alpha value is -4.56. The van der Waals surface area contributed by atoms with Crippen LogP contribution >= 0.6 is 11.6 Å². The van der Waals surface area contributed by atoms with E-state index in [1.54, 1.807) is 0 Å². The van der Waals surface area contributed by atoms with Crippen molar-refractivity contribution in [2.75, 3.05) is 6.54 Å². The smallest absolute Gasteiger partial charge is 0.367 e. The highest BCUT2D eigenvalue weighted by molar-refractivity contribution is 7.84. The highest BCUT2D eigenvalue weighted by Gasteiger charge is 2.31. The van der Waals surface area contributed by atoms with Crippen LogP contribution in [0.5, 0.6) is 5.75 Å². The summed E-state index contributed by atoms with van der Waals surface area (Å²) in [5.41, 5.74) is -1.04. The van der Waals surface area contributed by atoms with Crippen LogP contribution in [0.15, 0.2) is 97.2 Å². The molecule has 7 nitrogen and oxygen atoms in total. The Labute approximate surface area is 265 Å². The molecule has 15 heteroatoms. The second-order valence-electron chi connectivity index (χ2n) is 9.69. The lowest BCUT2D eigenvalue weighted by Gasteiger charge is -2.23. The molecule has 4 rings (SSSR count). The van der Waals surface area contributed by atoms with E-state index in [1.807, 2.05) is 0 Å². The zero-order valence-corrected chi connectivity index (χ0v) is 25.4. The summed E-state index contributed by atoms with van der Waals surface area (Å²) in [6, 6.07) is 16.6. The number of carbonyl (C=O) groups excluding carboxylic acids is 1. The molecule has 242 valence electrons. The van der Waals surface area contributed by atoms with Crippen molar-refractivity contribution in [3.63, 3.8) is 0 Å². The molecule has 0 bridgehead atoms. The van der Waals surface area contributed by atoms with Crippen LogP contribution < -0.4 is 9.50 Å². The molecule has 1 heterocycles. The number of rotatable bonds is 10. The molecular formula is C31H24ClF6N3O4S. The van der Waals surface area contributed by atoms with Gasteiger partial charge < -0.3 is 9.50 Å². The summed E-state index contributed by atoms with van der Waals surface area (Å²) in [6.07, 6.45) is -9.16. The summed E-state index contributed by atoms with van der Waals surface area (Å²) >= 11 is 5.82. The summed E-state index contributed by atoms with van der Waals surface area (Å²) in [5.74, 6) is -0.950. The molecular weight excluding hydrogens is 660 g/mol. The lowest BCUT2D eigenvalue weighted by molar-refractivity contribution is -0.138. The molecule has 0 unspecified atom stereocenters. The molecule has 0 spiro atoms. The quantitative estimate of drug-likeness (QED) is 0.136. The van der Waals surface area contributed by atoms with Crippen LogP contribution in [0, 0.1) is 0 Å². The van der Waals surface area contributed by atoms with E-state index in [2.05, 4.69) is 16.9 Å². The van der Waals surface area contributed by atoms with Crippen LogP contribution in [0.25, 0.3) is 22.5 Å². The maximum absolute atomic E-state index is 13.1. The van der Waals surface area contributed by atoms with Crippen LogP contribution in [-0.4, -0.2) is 30.2 Å². The number of alkyl halides is 6. The average Bonchev–Trinajstić information content (AvgIpc) is 3.00. The number of carbonyl (C=O) groups is 1. The monoisotopic (exact) mass is 683 g/mol. The van der Waals surface area contributed by atoms with Gasteiger partial charge in [-0.1, -0.05) is 42.4 Å². The predicted molar refractivity (Wildman–Crippen MR) is 159 cm³/mol. The Morgan fingerprint density at radius 1 is 0.848 bits per heavy atom. The van der Waals surface area contributed by atoms with E-state index in [9.17, 15) is 39.6 Å². The molecule has 0 radical (unpaired) electrons. The number of aromatic nitrogens is 1. The molecule has 1 aromatic heterocycles. The van der Waals surface area contributed by atoms with Crippen molar-refractivity contribution in [3.8, 4) is 28.3 Å². The van der Waals surface area contributed by atoms with Gasteiger partial charge in [0.1, 0.15) is 11.4 Å². The molecule has 1 amide bonds. The first-order valence-electron chi connectivity index (χ1n) is 13.3.